The van der Waals surface area contributed by atoms with E-state index in [2.05, 4.69) is 15.4 Å². The van der Waals surface area contributed by atoms with Crippen LogP contribution in [0.15, 0.2) is 18.2 Å². The van der Waals surface area contributed by atoms with Gasteiger partial charge in [-0.15, -0.1) is 5.01 Å². The Bertz CT molecular complexity index is 787. The third-order valence-corrected chi connectivity index (χ3v) is 2.99. The van der Waals surface area contributed by atoms with Gasteiger partial charge in [-0.2, -0.15) is 0 Å². The Hall–Kier alpha value is -2.77. The van der Waals surface area contributed by atoms with E-state index in [1.54, 1.807) is 59.7 Å². The first-order chi connectivity index (χ1) is 11.8. The molecule has 1 aromatic heterocycles. The summed E-state index contributed by atoms with van der Waals surface area (Å²) in [6, 6.07) is 5.25. The maximum absolute atomic E-state index is 12.5. The number of aromatic nitrogens is 2. The van der Waals surface area contributed by atoms with Gasteiger partial charge in [-0.1, -0.05) is 0 Å². The van der Waals surface area contributed by atoms with Gasteiger partial charge in [0.25, 0.3) is 0 Å². The van der Waals surface area contributed by atoms with Crippen LogP contribution in [0.5, 0.6) is 0 Å². The van der Waals surface area contributed by atoms with Crippen molar-refractivity contribution in [3.8, 4) is 0 Å². The molecule has 0 aliphatic heterocycles. The zero-order chi connectivity index (χ0) is 19.7. The van der Waals surface area contributed by atoms with E-state index in [0.717, 1.165) is 16.4 Å². The third kappa shape index (κ3) is 5.37. The minimum absolute atomic E-state index is 0.501. The Kier molecular flexibility index (Phi) is 5.16. The van der Waals surface area contributed by atoms with E-state index in [-0.39, 0.29) is 0 Å². The van der Waals surface area contributed by atoms with Crippen molar-refractivity contribution in [3.63, 3.8) is 0 Å². The molecule has 0 radical (unpaired) electrons. The van der Waals surface area contributed by atoms with Gasteiger partial charge >= 0.3 is 12.2 Å². The fourth-order valence-corrected chi connectivity index (χ4v) is 2.11. The van der Waals surface area contributed by atoms with Crippen molar-refractivity contribution >= 4 is 28.9 Å². The van der Waals surface area contributed by atoms with Gasteiger partial charge in [0.15, 0.2) is 0 Å². The smallest absolute Gasteiger partial charge is 0.439 e. The largest absolute Gasteiger partial charge is 0.442 e. The zero-order valence-electron chi connectivity index (χ0n) is 16.3. The number of aromatic amines is 1. The summed E-state index contributed by atoms with van der Waals surface area (Å²) in [7, 11) is 0. The van der Waals surface area contributed by atoms with Crippen LogP contribution in [0.2, 0.25) is 0 Å². The average molecular weight is 362 g/mol. The van der Waals surface area contributed by atoms with E-state index in [9.17, 15) is 9.59 Å². The fourth-order valence-electron chi connectivity index (χ4n) is 2.11. The fraction of sp³-hybridized carbons (Fsp3) is 0.500. The minimum Gasteiger partial charge on any atom is -0.442 e. The molecule has 1 aromatic carbocycles. The Balaban J connectivity index is 2.28. The summed E-state index contributed by atoms with van der Waals surface area (Å²) in [5.74, 6) is 0.772. The lowest BCUT2D eigenvalue weighted by Gasteiger charge is -2.29. The normalized spacial score (nSPS) is 12.0. The third-order valence-electron chi connectivity index (χ3n) is 2.99. The molecule has 0 saturated heterocycles. The van der Waals surface area contributed by atoms with Gasteiger partial charge in [-0.05, 0) is 66.7 Å². The summed E-state index contributed by atoms with van der Waals surface area (Å²) in [6.07, 6.45) is -1.71. The first-order valence-electron chi connectivity index (χ1n) is 8.33. The number of anilines is 1. The Morgan fingerprint density at radius 3 is 2.08 bits per heavy atom. The number of nitrogens with zero attached hydrogens (tertiary/aromatic N) is 2. The van der Waals surface area contributed by atoms with Gasteiger partial charge in [0.05, 0.1) is 16.7 Å². The lowest BCUT2D eigenvalue weighted by molar-refractivity contribution is 0.00643. The molecule has 0 atom stereocenters. The molecule has 26 heavy (non-hydrogen) atoms. The molecule has 2 rings (SSSR count). The number of fused-ring (bicyclic) bond motifs is 1. The molecule has 8 nitrogen and oxygen atoms in total. The van der Waals surface area contributed by atoms with Crippen LogP contribution in [0.3, 0.4) is 0 Å². The van der Waals surface area contributed by atoms with E-state index in [1.807, 2.05) is 6.92 Å². The molecule has 2 amide bonds. The Morgan fingerprint density at radius 1 is 1.04 bits per heavy atom. The molecule has 0 bridgehead atoms. The number of imidazole rings is 1. The summed E-state index contributed by atoms with van der Waals surface area (Å²) in [5.41, 5.74) is 3.30. The standard InChI is InChI=1S/C18H26N4O4/c1-11-19-13-9-8-12(10-14(13)20-11)21-22(15(23)25-17(2,3)4)16(24)26-18(5,6)7/h8-10,21H,1-7H3,(H,19,20). The maximum atomic E-state index is 12.5. The molecule has 0 spiro atoms. The zero-order valence-corrected chi connectivity index (χ0v) is 16.3. The summed E-state index contributed by atoms with van der Waals surface area (Å²) in [5, 5.41) is 0.719. The van der Waals surface area contributed by atoms with Crippen LogP contribution in [0.25, 0.3) is 11.0 Å². The van der Waals surface area contributed by atoms with Crippen LogP contribution in [-0.4, -0.2) is 38.4 Å². The van der Waals surface area contributed by atoms with E-state index < -0.39 is 23.4 Å². The van der Waals surface area contributed by atoms with Crippen molar-refractivity contribution in [1.82, 2.24) is 15.0 Å². The number of carbonyl (C=O) groups excluding carboxylic acids is 2. The summed E-state index contributed by atoms with van der Waals surface area (Å²) in [4.78, 5) is 32.4. The number of nitrogens with one attached hydrogen (secondary N) is 2. The summed E-state index contributed by atoms with van der Waals surface area (Å²) < 4.78 is 10.6. The number of benzene rings is 1. The molecule has 0 unspecified atom stereocenters. The SMILES string of the molecule is Cc1nc2cc(NN(C(=O)OC(C)(C)C)C(=O)OC(C)(C)C)ccc2[nH]1. The van der Waals surface area contributed by atoms with Crippen molar-refractivity contribution in [2.75, 3.05) is 5.43 Å². The van der Waals surface area contributed by atoms with Crippen LogP contribution in [0.1, 0.15) is 47.4 Å². The Morgan fingerprint density at radius 2 is 1.58 bits per heavy atom. The predicted octanol–water partition coefficient (Wildman–Crippen LogP) is 4.37. The highest BCUT2D eigenvalue weighted by Gasteiger charge is 2.31. The molecule has 0 fully saturated rings. The molecule has 1 heterocycles. The number of H-pyrrole nitrogens is 1. The number of aryl methyl sites for hydroxylation is 1. The second-order valence-electron chi connectivity index (χ2n) is 7.96. The number of hydrazine groups is 1. The van der Waals surface area contributed by atoms with Gasteiger partial charge in [0.1, 0.15) is 17.0 Å². The van der Waals surface area contributed by atoms with Crippen LogP contribution < -0.4 is 5.43 Å². The van der Waals surface area contributed by atoms with Crippen LogP contribution in [0, 0.1) is 6.92 Å². The number of ether oxygens (including phenoxy) is 2. The minimum atomic E-state index is -0.856. The Labute approximate surface area is 152 Å². The van der Waals surface area contributed by atoms with Crippen molar-refractivity contribution in [3.05, 3.63) is 24.0 Å². The quantitative estimate of drug-likeness (QED) is 0.770. The first kappa shape index (κ1) is 19.6. The van der Waals surface area contributed by atoms with Crippen molar-refractivity contribution in [2.45, 2.75) is 59.7 Å². The average Bonchev–Trinajstić information content (AvgIpc) is 2.79. The molecular weight excluding hydrogens is 336 g/mol. The molecule has 8 heteroatoms. The van der Waals surface area contributed by atoms with Gasteiger partial charge in [-0.25, -0.2) is 14.6 Å². The summed E-state index contributed by atoms with van der Waals surface area (Å²) >= 11 is 0. The van der Waals surface area contributed by atoms with Crippen LogP contribution in [0.4, 0.5) is 15.3 Å². The number of rotatable bonds is 2. The lowest BCUT2D eigenvalue weighted by Crippen LogP contribution is -2.46. The number of hydrogen-bond acceptors (Lipinski definition) is 6. The molecule has 0 saturated carbocycles. The number of amides is 2. The molecular formula is C18H26N4O4. The monoisotopic (exact) mass is 362 g/mol. The van der Waals surface area contributed by atoms with Gasteiger partial charge in [0, 0.05) is 0 Å². The van der Waals surface area contributed by atoms with E-state index in [1.165, 1.54) is 0 Å². The molecule has 0 aliphatic rings. The molecule has 142 valence electrons. The maximum Gasteiger partial charge on any atom is 0.439 e. The van der Waals surface area contributed by atoms with Gasteiger partial charge in [-0.3, -0.25) is 5.43 Å². The highest BCUT2D eigenvalue weighted by Crippen LogP contribution is 2.20. The molecule has 2 aromatic rings. The van der Waals surface area contributed by atoms with Gasteiger partial charge < -0.3 is 14.5 Å². The predicted molar refractivity (Wildman–Crippen MR) is 98.8 cm³/mol. The van der Waals surface area contributed by atoms with Crippen molar-refractivity contribution < 1.29 is 19.1 Å². The first-order valence-corrected chi connectivity index (χ1v) is 8.33. The number of hydrogen-bond donors (Lipinski definition) is 2. The number of imide groups is 1. The second kappa shape index (κ2) is 6.86. The van der Waals surface area contributed by atoms with E-state index >= 15 is 0 Å². The van der Waals surface area contributed by atoms with E-state index in [4.69, 9.17) is 9.47 Å². The highest BCUT2D eigenvalue weighted by atomic mass is 16.6. The molecule has 2 N–H and O–H groups in total. The summed E-state index contributed by atoms with van der Waals surface area (Å²) in [6.45, 7) is 12.2. The van der Waals surface area contributed by atoms with Crippen molar-refractivity contribution in [2.24, 2.45) is 0 Å². The van der Waals surface area contributed by atoms with E-state index in [0.29, 0.717) is 11.2 Å². The van der Waals surface area contributed by atoms with Crippen LogP contribution in [-0.2, 0) is 9.47 Å². The van der Waals surface area contributed by atoms with Crippen LogP contribution >= 0.6 is 0 Å². The topological polar surface area (TPSA) is 96.6 Å². The van der Waals surface area contributed by atoms with Crippen molar-refractivity contribution in [1.29, 1.82) is 0 Å². The highest BCUT2D eigenvalue weighted by molar-refractivity contribution is 5.90. The second-order valence-corrected chi connectivity index (χ2v) is 7.96. The van der Waals surface area contributed by atoms with Gasteiger partial charge in [0.2, 0.25) is 0 Å². The number of carbonyl (C=O) groups is 2. The lowest BCUT2D eigenvalue weighted by atomic mass is 10.2. The molecule has 0 aliphatic carbocycles.